The number of hydrogen-bond donors (Lipinski definition) is 1. The molecule has 1 unspecified atom stereocenters. The van der Waals surface area contributed by atoms with Crippen molar-refractivity contribution in [2.24, 2.45) is 5.92 Å². The largest absolute Gasteiger partial charge is 0.338 e. The number of hydrogen-bond acceptors (Lipinski definition) is 4. The lowest BCUT2D eigenvalue weighted by molar-refractivity contribution is -0.136. The normalized spacial score (nSPS) is 15.7. The Kier molecular flexibility index (Phi) is 6.77. The average Bonchev–Trinajstić information content (AvgIpc) is 2.98. The summed E-state index contributed by atoms with van der Waals surface area (Å²) < 4.78 is 1.99. The molecule has 1 aliphatic carbocycles. The van der Waals surface area contributed by atoms with Crippen LogP contribution < -0.4 is 5.56 Å². The Morgan fingerprint density at radius 2 is 1.88 bits per heavy atom. The van der Waals surface area contributed by atoms with E-state index in [4.69, 9.17) is 4.98 Å². The lowest BCUT2D eigenvalue weighted by Gasteiger charge is -2.26. The number of aryl methyl sites for hydroxylation is 3. The monoisotopic (exact) mass is 447 g/mol. The molecule has 0 bridgehead atoms. The summed E-state index contributed by atoms with van der Waals surface area (Å²) in [6.45, 7) is 10.2. The van der Waals surface area contributed by atoms with Gasteiger partial charge >= 0.3 is 0 Å². The number of rotatable bonds is 6. The fourth-order valence-electron chi connectivity index (χ4n) is 4.83. The molecule has 0 spiro atoms. The zero-order chi connectivity index (χ0) is 23.5. The summed E-state index contributed by atoms with van der Waals surface area (Å²) in [5, 5.41) is 4.61. The number of benzene rings is 1. The summed E-state index contributed by atoms with van der Waals surface area (Å²) >= 11 is 0. The van der Waals surface area contributed by atoms with E-state index in [-0.39, 0.29) is 17.4 Å². The van der Waals surface area contributed by atoms with Gasteiger partial charge in [-0.25, -0.2) is 4.98 Å². The van der Waals surface area contributed by atoms with Gasteiger partial charge in [-0.05, 0) is 53.4 Å². The maximum absolute atomic E-state index is 13.5. The zero-order valence-corrected chi connectivity index (χ0v) is 20.0. The van der Waals surface area contributed by atoms with Crippen molar-refractivity contribution in [1.29, 1.82) is 0 Å². The number of carbonyl (C=O) groups excluding carboxylic acids is 1. The molecule has 0 saturated carbocycles. The van der Waals surface area contributed by atoms with Crippen LogP contribution in [0.5, 0.6) is 0 Å². The Balaban J connectivity index is 1.52. The molecule has 4 rings (SSSR count). The van der Waals surface area contributed by atoms with Crippen LogP contribution in [0.1, 0.15) is 54.9 Å². The van der Waals surface area contributed by atoms with Crippen molar-refractivity contribution >= 4 is 5.91 Å². The second kappa shape index (κ2) is 9.73. The Morgan fingerprint density at radius 3 is 2.55 bits per heavy atom. The van der Waals surface area contributed by atoms with E-state index in [0.29, 0.717) is 44.6 Å². The predicted molar refractivity (Wildman–Crippen MR) is 129 cm³/mol. The minimum Gasteiger partial charge on any atom is -0.338 e. The Labute approximate surface area is 194 Å². The van der Waals surface area contributed by atoms with Crippen LogP contribution >= 0.6 is 0 Å². The first kappa shape index (κ1) is 23.0. The molecular weight excluding hydrogens is 414 g/mol. The maximum atomic E-state index is 13.5. The highest BCUT2D eigenvalue weighted by Gasteiger charge is 2.29. The standard InChI is InChI=1S/C26H33N5O2/c1-5-30(16-22-17(3)29-31(6-2)18(22)4)26(33)20-12-14-21-23(15-13-20)27-24(28-25(21)32)19-10-8-7-9-11-19/h7-11,20H,5-6,12-16H2,1-4H3,(H,27,28,32). The van der Waals surface area contributed by atoms with Gasteiger partial charge in [0.2, 0.25) is 5.91 Å². The van der Waals surface area contributed by atoms with Crippen molar-refractivity contribution in [2.45, 2.75) is 66.5 Å². The van der Waals surface area contributed by atoms with Gasteiger partial charge in [-0.3, -0.25) is 14.3 Å². The van der Waals surface area contributed by atoms with E-state index in [0.717, 1.165) is 40.3 Å². The minimum atomic E-state index is -0.111. The molecule has 1 aromatic carbocycles. The van der Waals surface area contributed by atoms with Gasteiger partial charge in [0.05, 0.1) is 11.4 Å². The van der Waals surface area contributed by atoms with Gasteiger partial charge in [-0.15, -0.1) is 0 Å². The molecule has 33 heavy (non-hydrogen) atoms. The summed E-state index contributed by atoms with van der Waals surface area (Å²) in [5.41, 5.74) is 5.60. The topological polar surface area (TPSA) is 83.9 Å². The molecule has 2 heterocycles. The first-order valence-corrected chi connectivity index (χ1v) is 11.9. The van der Waals surface area contributed by atoms with E-state index in [9.17, 15) is 9.59 Å². The highest BCUT2D eigenvalue weighted by molar-refractivity contribution is 5.79. The lowest BCUT2D eigenvalue weighted by atomic mass is 9.97. The number of aromatic nitrogens is 4. The van der Waals surface area contributed by atoms with Gasteiger partial charge in [0, 0.05) is 47.9 Å². The van der Waals surface area contributed by atoms with Crippen LogP contribution in [0.2, 0.25) is 0 Å². The molecule has 1 aliphatic rings. The summed E-state index contributed by atoms with van der Waals surface area (Å²) in [6, 6.07) is 9.69. The highest BCUT2D eigenvalue weighted by atomic mass is 16.2. The van der Waals surface area contributed by atoms with E-state index in [1.54, 1.807) is 0 Å². The highest BCUT2D eigenvalue weighted by Crippen LogP contribution is 2.26. The summed E-state index contributed by atoms with van der Waals surface area (Å²) in [4.78, 5) is 36.0. The van der Waals surface area contributed by atoms with Crippen LogP contribution in [0.4, 0.5) is 0 Å². The Hall–Kier alpha value is -3.22. The van der Waals surface area contributed by atoms with E-state index >= 15 is 0 Å². The Bertz CT molecular complexity index is 1200. The van der Waals surface area contributed by atoms with Crippen LogP contribution in [0.15, 0.2) is 35.1 Å². The fraction of sp³-hybridized carbons (Fsp3) is 0.462. The van der Waals surface area contributed by atoms with Crippen LogP contribution in [0.25, 0.3) is 11.4 Å². The van der Waals surface area contributed by atoms with Crippen molar-refractivity contribution in [3.63, 3.8) is 0 Å². The minimum absolute atomic E-state index is 0.0856. The van der Waals surface area contributed by atoms with Gasteiger partial charge < -0.3 is 9.88 Å². The quantitative estimate of drug-likeness (QED) is 0.583. The number of nitrogens with one attached hydrogen (secondary N) is 1. The summed E-state index contributed by atoms with van der Waals surface area (Å²) in [7, 11) is 0. The third-order valence-corrected chi connectivity index (χ3v) is 6.84. The van der Waals surface area contributed by atoms with Gasteiger partial charge in [-0.1, -0.05) is 30.3 Å². The molecule has 1 N–H and O–H groups in total. The molecule has 174 valence electrons. The van der Waals surface area contributed by atoms with Gasteiger partial charge in [0.1, 0.15) is 5.82 Å². The van der Waals surface area contributed by atoms with Crippen LogP contribution in [0, 0.1) is 19.8 Å². The molecule has 1 atom stereocenters. The molecular formula is C26H33N5O2. The van der Waals surface area contributed by atoms with E-state index in [2.05, 4.69) is 23.9 Å². The van der Waals surface area contributed by atoms with Crippen molar-refractivity contribution in [3.05, 3.63) is 68.9 Å². The van der Waals surface area contributed by atoms with Gasteiger partial charge in [0.15, 0.2) is 0 Å². The second-order valence-electron chi connectivity index (χ2n) is 8.80. The SMILES string of the molecule is CCN(Cc1c(C)nn(CC)c1C)C(=O)C1CCc2nc(-c3ccccc3)[nH]c(=O)c2CC1. The molecule has 2 aromatic heterocycles. The third kappa shape index (κ3) is 4.63. The molecule has 0 radical (unpaired) electrons. The predicted octanol–water partition coefficient (Wildman–Crippen LogP) is 3.81. The van der Waals surface area contributed by atoms with Crippen molar-refractivity contribution in [2.75, 3.05) is 6.54 Å². The van der Waals surface area contributed by atoms with E-state index in [1.807, 2.05) is 53.8 Å². The van der Waals surface area contributed by atoms with Crippen LogP contribution in [-0.2, 0) is 30.7 Å². The van der Waals surface area contributed by atoms with Gasteiger partial charge in [-0.2, -0.15) is 5.10 Å². The first-order chi connectivity index (χ1) is 15.9. The van der Waals surface area contributed by atoms with Gasteiger partial charge in [0.25, 0.3) is 5.56 Å². The number of fused-ring (bicyclic) bond motifs is 1. The summed E-state index contributed by atoms with van der Waals surface area (Å²) in [5.74, 6) is 0.645. The fourth-order valence-corrected chi connectivity index (χ4v) is 4.83. The molecule has 7 heteroatoms. The molecule has 0 fully saturated rings. The zero-order valence-electron chi connectivity index (χ0n) is 20.0. The van der Waals surface area contributed by atoms with Crippen LogP contribution in [0.3, 0.4) is 0 Å². The molecule has 7 nitrogen and oxygen atoms in total. The smallest absolute Gasteiger partial charge is 0.254 e. The van der Waals surface area contributed by atoms with Crippen molar-refractivity contribution < 1.29 is 4.79 Å². The second-order valence-corrected chi connectivity index (χ2v) is 8.80. The molecule has 0 aliphatic heterocycles. The summed E-state index contributed by atoms with van der Waals surface area (Å²) in [6.07, 6.45) is 2.59. The Morgan fingerprint density at radius 1 is 1.15 bits per heavy atom. The number of H-pyrrole nitrogens is 1. The molecule has 3 aromatic rings. The number of aromatic amines is 1. The molecule has 1 amide bonds. The number of amides is 1. The average molecular weight is 448 g/mol. The van der Waals surface area contributed by atoms with E-state index in [1.165, 1.54) is 0 Å². The number of carbonyl (C=O) groups is 1. The maximum Gasteiger partial charge on any atom is 0.254 e. The van der Waals surface area contributed by atoms with E-state index < -0.39 is 0 Å². The third-order valence-electron chi connectivity index (χ3n) is 6.84. The first-order valence-electron chi connectivity index (χ1n) is 11.9. The van der Waals surface area contributed by atoms with Crippen molar-refractivity contribution in [1.82, 2.24) is 24.6 Å². The van der Waals surface area contributed by atoms with Crippen molar-refractivity contribution in [3.8, 4) is 11.4 Å². The molecule has 0 saturated heterocycles. The van der Waals surface area contributed by atoms with Crippen LogP contribution in [-0.4, -0.2) is 37.1 Å². The lowest BCUT2D eigenvalue weighted by Crippen LogP contribution is -2.36. The number of nitrogens with zero attached hydrogens (tertiary/aromatic N) is 4.